The first-order valence-corrected chi connectivity index (χ1v) is 26.4. The molecule has 6 heterocycles. The van der Waals surface area contributed by atoms with Gasteiger partial charge in [0, 0.05) is 48.9 Å². The van der Waals surface area contributed by atoms with Crippen LogP contribution >= 0.6 is 22.9 Å². The van der Waals surface area contributed by atoms with Crippen molar-refractivity contribution in [2.24, 2.45) is 5.92 Å². The largest absolute Gasteiger partial charge is 0.496 e. The summed E-state index contributed by atoms with van der Waals surface area (Å²) in [6.07, 6.45) is 4.45. The van der Waals surface area contributed by atoms with E-state index in [0.29, 0.717) is 106 Å². The minimum atomic E-state index is -1.22. The molecule has 15 nitrogen and oxygen atoms in total. The number of hydrogen-bond acceptors (Lipinski definition) is 16. The average Bonchev–Trinajstić information content (AvgIpc) is 3.83. The molecule has 1 saturated heterocycles. The highest BCUT2D eigenvalue weighted by Gasteiger charge is 2.31. The molecule has 7 aromatic rings. The van der Waals surface area contributed by atoms with Gasteiger partial charge >= 0.3 is 5.97 Å². The predicted octanol–water partition coefficient (Wildman–Crippen LogP) is 10.6. The number of rotatable bonds is 19. The molecule has 10 rings (SSSR count). The molecule has 0 unspecified atom stereocenters. The number of thiophene rings is 1. The summed E-state index contributed by atoms with van der Waals surface area (Å²) in [7, 11) is 3.27. The standard InChI is InChI=1S/C57H61ClFN5O10S/c1-5-70-57(65)49-31-39-30-42(14-16-46(39)72-33-41-18-22-60-54(63-41)45-8-6-7-9-47(45)67-4)71-34-43(32-64-23-19-37(20-24-64)21-25-68-28-29-69-27-26-66-3)73-48-17-15-44(36(2)52(48)58)50-51-55(74-49)61-35-62-56(51)75-53(50)38-10-12-40(59)13-11-38/h6-18,22,30,35,37,43,49H,5,19-21,23-29,31-34H2,1-4H3/t43-,49-/m1/s1. The third kappa shape index (κ3) is 13.3. The molecule has 3 aliphatic rings. The van der Waals surface area contributed by atoms with Crippen LogP contribution in [0.2, 0.25) is 5.02 Å². The summed E-state index contributed by atoms with van der Waals surface area (Å²) in [5.74, 6) is 2.33. The molecule has 3 aliphatic heterocycles. The van der Waals surface area contributed by atoms with E-state index in [0.717, 1.165) is 59.5 Å². The van der Waals surface area contributed by atoms with Crippen LogP contribution in [0.1, 0.15) is 43.0 Å². The molecule has 3 aromatic heterocycles. The van der Waals surface area contributed by atoms with Gasteiger partial charge in [-0.2, -0.15) is 0 Å². The quantitative estimate of drug-likeness (QED) is 0.0557. The smallest absolute Gasteiger partial charge is 0.347 e. The number of aromatic nitrogens is 4. The fourth-order valence-electron chi connectivity index (χ4n) is 9.31. The lowest BCUT2D eigenvalue weighted by Gasteiger charge is -2.34. The monoisotopic (exact) mass is 1060 g/mol. The van der Waals surface area contributed by atoms with Crippen molar-refractivity contribution in [3.63, 3.8) is 0 Å². The van der Waals surface area contributed by atoms with Crippen LogP contribution in [0, 0.1) is 18.7 Å². The van der Waals surface area contributed by atoms with Gasteiger partial charge in [-0.15, -0.1) is 11.3 Å². The number of fused-ring (bicyclic) bond motifs is 7. The van der Waals surface area contributed by atoms with Crippen molar-refractivity contribution in [1.82, 2.24) is 24.8 Å². The molecular weight excluding hydrogens is 1000 g/mol. The maximum atomic E-state index is 14.4. The van der Waals surface area contributed by atoms with Crippen LogP contribution in [-0.2, 0) is 36.8 Å². The zero-order valence-corrected chi connectivity index (χ0v) is 44.1. The van der Waals surface area contributed by atoms with E-state index in [9.17, 15) is 9.18 Å². The summed E-state index contributed by atoms with van der Waals surface area (Å²) in [5, 5.41) is 0.969. The molecule has 4 bridgehead atoms. The number of carbonyl (C=O) groups is 1. The highest BCUT2D eigenvalue weighted by molar-refractivity contribution is 7.22. The van der Waals surface area contributed by atoms with Crippen molar-refractivity contribution in [2.75, 3.05) is 80.1 Å². The molecule has 2 atom stereocenters. The van der Waals surface area contributed by atoms with Crippen molar-refractivity contribution >= 4 is 39.1 Å². The maximum Gasteiger partial charge on any atom is 0.347 e. The Morgan fingerprint density at radius 1 is 0.880 bits per heavy atom. The molecule has 394 valence electrons. The zero-order valence-electron chi connectivity index (χ0n) is 42.6. The molecule has 0 radical (unpaired) electrons. The number of halogens is 2. The summed E-state index contributed by atoms with van der Waals surface area (Å²) in [4.78, 5) is 36.6. The van der Waals surface area contributed by atoms with Gasteiger partial charge in [-0.05, 0) is 123 Å². The lowest BCUT2D eigenvalue weighted by molar-refractivity contribution is -0.151. The minimum absolute atomic E-state index is 0.00136. The molecule has 0 spiro atoms. The summed E-state index contributed by atoms with van der Waals surface area (Å²) < 4.78 is 69.0. The van der Waals surface area contributed by atoms with Crippen molar-refractivity contribution in [1.29, 1.82) is 0 Å². The Balaban J connectivity index is 1.06. The Kier molecular flexibility index (Phi) is 18.4. The molecule has 1 fully saturated rings. The van der Waals surface area contributed by atoms with Crippen molar-refractivity contribution in [2.45, 2.75) is 58.3 Å². The number of esters is 1. The second kappa shape index (κ2) is 25.9. The normalized spacial score (nSPS) is 16.2. The number of ether oxygens (including phenoxy) is 9. The first-order valence-electron chi connectivity index (χ1n) is 25.2. The van der Waals surface area contributed by atoms with Gasteiger partial charge in [0.05, 0.1) is 61.8 Å². The van der Waals surface area contributed by atoms with Gasteiger partial charge in [-0.1, -0.05) is 41.9 Å². The van der Waals surface area contributed by atoms with Crippen LogP contribution in [0.25, 0.3) is 43.2 Å². The predicted molar refractivity (Wildman–Crippen MR) is 285 cm³/mol. The minimum Gasteiger partial charge on any atom is -0.496 e. The molecule has 0 saturated carbocycles. The van der Waals surface area contributed by atoms with E-state index in [2.05, 4.69) is 14.9 Å². The Morgan fingerprint density at radius 3 is 2.48 bits per heavy atom. The lowest BCUT2D eigenvalue weighted by Crippen LogP contribution is -2.43. The molecule has 4 aromatic carbocycles. The first-order chi connectivity index (χ1) is 36.7. The fourth-order valence-corrected chi connectivity index (χ4v) is 10.7. The summed E-state index contributed by atoms with van der Waals surface area (Å²) in [6.45, 7) is 9.30. The molecule has 0 N–H and O–H groups in total. The summed E-state index contributed by atoms with van der Waals surface area (Å²) in [6, 6.07) is 24.9. The number of para-hydroxylation sites is 1. The average molecular weight is 1060 g/mol. The van der Waals surface area contributed by atoms with Crippen LogP contribution in [-0.4, -0.2) is 123 Å². The number of hydrogen-bond donors (Lipinski definition) is 0. The SMILES string of the molecule is CCOC(=O)[C@H]1Cc2cc(ccc2OCc2ccnc(-c3ccccc3OC)n2)OC[C@@H](CN2CCC(CCOCCOCCOC)CC2)Oc2ccc(c(C)c2Cl)-c2c(-c3ccc(F)cc3)sc3ncnc(c23)O1. The second-order valence-corrected chi connectivity index (χ2v) is 19.6. The highest BCUT2D eigenvalue weighted by Crippen LogP contribution is 2.50. The number of likely N-dealkylation sites (tertiary alicyclic amines) is 1. The molecule has 18 heteroatoms. The van der Waals surface area contributed by atoms with Gasteiger partial charge in [-0.3, -0.25) is 4.90 Å². The molecule has 0 amide bonds. The van der Waals surface area contributed by atoms with Crippen LogP contribution in [0.3, 0.4) is 0 Å². The van der Waals surface area contributed by atoms with E-state index in [4.69, 9.17) is 64.2 Å². The topological polar surface area (TPSA) is 155 Å². The maximum absolute atomic E-state index is 14.4. The number of carbonyl (C=O) groups excluding carboxylic acids is 1. The fraction of sp³-hybridized carbons (Fsp3) is 0.386. The Hall–Kier alpha value is -6.47. The van der Waals surface area contributed by atoms with Gasteiger partial charge in [0.25, 0.3) is 0 Å². The Labute approximate surface area is 445 Å². The number of benzene rings is 4. The molecule has 0 aliphatic carbocycles. The third-order valence-electron chi connectivity index (χ3n) is 13.2. The lowest BCUT2D eigenvalue weighted by atomic mass is 9.94. The second-order valence-electron chi connectivity index (χ2n) is 18.2. The van der Waals surface area contributed by atoms with E-state index in [1.54, 1.807) is 45.5 Å². The van der Waals surface area contributed by atoms with Crippen molar-refractivity contribution < 1.29 is 51.8 Å². The van der Waals surface area contributed by atoms with Gasteiger partial charge in [0.2, 0.25) is 12.0 Å². The van der Waals surface area contributed by atoms with Crippen molar-refractivity contribution in [3.8, 4) is 61.8 Å². The van der Waals surface area contributed by atoms with Crippen LogP contribution in [0.4, 0.5) is 4.39 Å². The Bertz CT molecular complexity index is 3030. The van der Waals surface area contributed by atoms with Gasteiger partial charge in [-0.25, -0.2) is 29.1 Å². The molecular formula is C57H61ClFN5O10S. The first kappa shape index (κ1) is 53.4. The van der Waals surface area contributed by atoms with E-state index in [1.165, 1.54) is 29.8 Å². The van der Waals surface area contributed by atoms with E-state index in [-0.39, 0.29) is 37.9 Å². The number of piperidine rings is 1. The van der Waals surface area contributed by atoms with Gasteiger partial charge in [0.1, 0.15) is 59.3 Å². The zero-order chi connectivity index (χ0) is 52.1. The third-order valence-corrected chi connectivity index (χ3v) is 14.8. The van der Waals surface area contributed by atoms with E-state index in [1.807, 2.05) is 61.5 Å². The summed E-state index contributed by atoms with van der Waals surface area (Å²) >= 11 is 8.76. The Morgan fingerprint density at radius 2 is 1.68 bits per heavy atom. The van der Waals surface area contributed by atoms with E-state index < -0.39 is 18.2 Å². The highest BCUT2D eigenvalue weighted by atomic mass is 35.5. The number of nitrogens with zero attached hydrogens (tertiary/aromatic N) is 5. The molecule has 75 heavy (non-hydrogen) atoms. The van der Waals surface area contributed by atoms with Crippen LogP contribution in [0.5, 0.6) is 28.9 Å². The van der Waals surface area contributed by atoms with Crippen molar-refractivity contribution in [3.05, 3.63) is 125 Å². The van der Waals surface area contributed by atoms with E-state index >= 15 is 0 Å². The number of methoxy groups -OCH3 is 2. The van der Waals surface area contributed by atoms with Crippen LogP contribution in [0.15, 0.2) is 97.5 Å². The van der Waals surface area contributed by atoms with Crippen LogP contribution < -0.4 is 23.7 Å². The van der Waals surface area contributed by atoms with Gasteiger partial charge in [0.15, 0.2) is 5.82 Å². The summed E-state index contributed by atoms with van der Waals surface area (Å²) in [5.41, 5.74) is 4.90. The van der Waals surface area contributed by atoms with Gasteiger partial charge < -0.3 is 42.6 Å².